The minimum absolute atomic E-state index is 0.0874. The quantitative estimate of drug-likeness (QED) is 0.865. The summed E-state index contributed by atoms with van der Waals surface area (Å²) in [6.07, 6.45) is 4.26. The van der Waals surface area contributed by atoms with Crippen molar-refractivity contribution in [3.8, 4) is 0 Å². The first-order valence-electron chi connectivity index (χ1n) is 6.87. The molecule has 1 aromatic carbocycles. The molecule has 0 radical (unpaired) electrons. The lowest BCUT2D eigenvalue weighted by Gasteiger charge is -2.26. The van der Waals surface area contributed by atoms with Gasteiger partial charge < -0.3 is 10.6 Å². The van der Waals surface area contributed by atoms with Crippen LogP contribution in [0.5, 0.6) is 0 Å². The van der Waals surface area contributed by atoms with E-state index in [1.165, 1.54) is 0 Å². The molecule has 3 rings (SSSR count). The maximum Gasteiger partial charge on any atom is 0.224 e. The van der Waals surface area contributed by atoms with Crippen LogP contribution < -0.4 is 10.6 Å². The highest BCUT2D eigenvalue weighted by Crippen LogP contribution is 2.18. The predicted octanol–water partition coefficient (Wildman–Crippen LogP) is 1.48. The number of nitrogens with one attached hydrogen (secondary N) is 2. The van der Waals surface area contributed by atoms with Gasteiger partial charge in [-0.1, -0.05) is 18.2 Å². The smallest absolute Gasteiger partial charge is 0.224 e. The number of benzene rings is 1. The SMILES string of the molecule is O=C(CC1CNC1)Nc1ccccc1Cn1cccn1. The van der Waals surface area contributed by atoms with Crippen molar-refractivity contribution in [1.82, 2.24) is 15.1 Å². The molecule has 2 heterocycles. The minimum atomic E-state index is 0.0874. The van der Waals surface area contributed by atoms with Crippen LogP contribution >= 0.6 is 0 Å². The van der Waals surface area contributed by atoms with Gasteiger partial charge in [-0.2, -0.15) is 5.10 Å². The number of rotatable bonds is 5. The number of carbonyl (C=O) groups excluding carboxylic acids is 1. The van der Waals surface area contributed by atoms with Gasteiger partial charge in [-0.25, -0.2) is 0 Å². The van der Waals surface area contributed by atoms with Crippen LogP contribution in [0.4, 0.5) is 5.69 Å². The number of nitrogens with zero attached hydrogens (tertiary/aromatic N) is 2. The van der Waals surface area contributed by atoms with Gasteiger partial charge in [0.15, 0.2) is 0 Å². The molecule has 1 saturated heterocycles. The summed E-state index contributed by atoms with van der Waals surface area (Å²) in [7, 11) is 0. The zero-order valence-corrected chi connectivity index (χ0v) is 11.2. The first-order chi connectivity index (χ1) is 9.81. The average molecular weight is 270 g/mol. The molecule has 1 aliphatic heterocycles. The van der Waals surface area contributed by atoms with Crippen LogP contribution in [0.2, 0.25) is 0 Å². The minimum Gasteiger partial charge on any atom is -0.326 e. The number of para-hydroxylation sites is 1. The van der Waals surface area contributed by atoms with Crippen molar-refractivity contribution in [3.63, 3.8) is 0 Å². The fraction of sp³-hybridized carbons (Fsp3) is 0.333. The van der Waals surface area contributed by atoms with Crippen LogP contribution in [-0.2, 0) is 11.3 Å². The monoisotopic (exact) mass is 270 g/mol. The maximum atomic E-state index is 12.0. The van der Waals surface area contributed by atoms with E-state index in [4.69, 9.17) is 0 Å². The molecule has 2 N–H and O–H groups in total. The number of anilines is 1. The summed E-state index contributed by atoms with van der Waals surface area (Å²) in [6, 6.07) is 9.76. The molecule has 0 saturated carbocycles. The Hall–Kier alpha value is -2.14. The standard InChI is InChI=1S/C15H18N4O/c20-15(8-12-9-16-10-12)18-14-5-2-1-4-13(14)11-19-7-3-6-17-19/h1-7,12,16H,8-11H2,(H,18,20). The highest BCUT2D eigenvalue weighted by molar-refractivity contribution is 5.91. The fourth-order valence-corrected chi connectivity index (χ4v) is 2.30. The Balaban J connectivity index is 1.67. The number of carbonyl (C=O) groups is 1. The van der Waals surface area contributed by atoms with Gasteiger partial charge in [-0.3, -0.25) is 9.48 Å². The molecule has 1 fully saturated rings. The molecule has 20 heavy (non-hydrogen) atoms. The second-order valence-electron chi connectivity index (χ2n) is 5.14. The summed E-state index contributed by atoms with van der Waals surface area (Å²) in [5.74, 6) is 0.567. The second kappa shape index (κ2) is 5.88. The van der Waals surface area contributed by atoms with E-state index in [0.717, 1.165) is 24.3 Å². The lowest BCUT2D eigenvalue weighted by Crippen LogP contribution is -2.43. The van der Waals surface area contributed by atoms with Crippen LogP contribution in [0.1, 0.15) is 12.0 Å². The Bertz CT molecular complexity index is 575. The summed E-state index contributed by atoms with van der Waals surface area (Å²) in [4.78, 5) is 12.0. The van der Waals surface area contributed by atoms with Gasteiger partial charge >= 0.3 is 0 Å². The lowest BCUT2D eigenvalue weighted by molar-refractivity contribution is -0.117. The molecule has 5 heteroatoms. The Morgan fingerprint density at radius 3 is 2.90 bits per heavy atom. The summed E-state index contributed by atoms with van der Waals surface area (Å²) < 4.78 is 1.85. The summed E-state index contributed by atoms with van der Waals surface area (Å²) >= 11 is 0. The van der Waals surface area contributed by atoms with E-state index in [0.29, 0.717) is 18.9 Å². The van der Waals surface area contributed by atoms with Crippen LogP contribution in [-0.4, -0.2) is 28.8 Å². The van der Waals surface area contributed by atoms with Crippen molar-refractivity contribution < 1.29 is 4.79 Å². The van der Waals surface area contributed by atoms with Gasteiger partial charge in [0.25, 0.3) is 0 Å². The molecule has 104 valence electrons. The molecule has 1 amide bonds. The number of hydrogen-bond donors (Lipinski definition) is 2. The van der Waals surface area contributed by atoms with Crippen LogP contribution in [0.3, 0.4) is 0 Å². The first kappa shape index (κ1) is 12.9. The van der Waals surface area contributed by atoms with E-state index in [-0.39, 0.29) is 5.91 Å². The summed E-state index contributed by atoms with van der Waals surface area (Å²) in [6.45, 7) is 2.55. The van der Waals surface area contributed by atoms with Gasteiger partial charge in [-0.05, 0) is 36.7 Å². The van der Waals surface area contributed by atoms with E-state index >= 15 is 0 Å². The van der Waals surface area contributed by atoms with E-state index in [1.54, 1.807) is 6.20 Å². The van der Waals surface area contributed by atoms with E-state index in [1.807, 2.05) is 41.2 Å². The average Bonchev–Trinajstić information content (AvgIpc) is 2.89. The lowest BCUT2D eigenvalue weighted by atomic mass is 9.99. The summed E-state index contributed by atoms with van der Waals surface area (Å²) in [5.41, 5.74) is 1.94. The topological polar surface area (TPSA) is 59.0 Å². The molecule has 0 spiro atoms. The second-order valence-corrected chi connectivity index (χ2v) is 5.14. The Kier molecular flexibility index (Phi) is 3.78. The van der Waals surface area contributed by atoms with Crippen LogP contribution in [0, 0.1) is 5.92 Å². The van der Waals surface area contributed by atoms with E-state index < -0.39 is 0 Å². The summed E-state index contributed by atoms with van der Waals surface area (Å²) in [5, 5.41) is 10.4. The molecule has 2 aromatic rings. The Morgan fingerprint density at radius 2 is 2.20 bits per heavy atom. The van der Waals surface area contributed by atoms with E-state index in [9.17, 15) is 4.79 Å². The third-order valence-corrected chi connectivity index (χ3v) is 3.52. The van der Waals surface area contributed by atoms with Crippen molar-refractivity contribution >= 4 is 11.6 Å². The third-order valence-electron chi connectivity index (χ3n) is 3.52. The van der Waals surface area contributed by atoms with Crippen LogP contribution in [0.25, 0.3) is 0 Å². The molecular formula is C15H18N4O. The molecular weight excluding hydrogens is 252 g/mol. The van der Waals surface area contributed by atoms with Crippen molar-refractivity contribution in [3.05, 3.63) is 48.3 Å². The highest BCUT2D eigenvalue weighted by Gasteiger charge is 2.20. The van der Waals surface area contributed by atoms with Gasteiger partial charge in [0, 0.05) is 24.5 Å². The van der Waals surface area contributed by atoms with Crippen LogP contribution in [0.15, 0.2) is 42.7 Å². The molecule has 0 atom stereocenters. The Labute approximate surface area is 118 Å². The predicted molar refractivity (Wildman–Crippen MR) is 77.4 cm³/mol. The van der Waals surface area contributed by atoms with Gasteiger partial charge in [0.2, 0.25) is 5.91 Å². The van der Waals surface area contributed by atoms with Crippen molar-refractivity contribution in [1.29, 1.82) is 0 Å². The number of aromatic nitrogens is 2. The molecule has 1 aliphatic rings. The van der Waals surface area contributed by atoms with Gasteiger partial charge in [0.05, 0.1) is 6.54 Å². The number of hydrogen-bond acceptors (Lipinski definition) is 3. The molecule has 0 unspecified atom stereocenters. The fourth-order valence-electron chi connectivity index (χ4n) is 2.30. The maximum absolute atomic E-state index is 12.0. The number of amides is 1. The zero-order chi connectivity index (χ0) is 13.8. The zero-order valence-electron chi connectivity index (χ0n) is 11.2. The van der Waals surface area contributed by atoms with Gasteiger partial charge in [0.1, 0.15) is 0 Å². The largest absolute Gasteiger partial charge is 0.326 e. The van der Waals surface area contributed by atoms with Crippen molar-refractivity contribution in [2.24, 2.45) is 5.92 Å². The first-order valence-corrected chi connectivity index (χ1v) is 6.87. The van der Waals surface area contributed by atoms with Gasteiger partial charge in [-0.15, -0.1) is 0 Å². The molecule has 1 aromatic heterocycles. The van der Waals surface area contributed by atoms with Crippen molar-refractivity contribution in [2.45, 2.75) is 13.0 Å². The molecule has 0 bridgehead atoms. The Morgan fingerprint density at radius 1 is 1.35 bits per heavy atom. The normalized spacial score (nSPS) is 14.8. The van der Waals surface area contributed by atoms with E-state index in [2.05, 4.69) is 15.7 Å². The molecule has 0 aliphatic carbocycles. The van der Waals surface area contributed by atoms with Crippen molar-refractivity contribution in [2.75, 3.05) is 18.4 Å². The molecule has 5 nitrogen and oxygen atoms in total. The highest BCUT2D eigenvalue weighted by atomic mass is 16.1. The third kappa shape index (κ3) is 3.05.